The third-order valence-corrected chi connectivity index (χ3v) is 2.36. The van der Waals surface area contributed by atoms with Crippen LogP contribution in [0.5, 0.6) is 0 Å². The molecule has 1 amide bonds. The van der Waals surface area contributed by atoms with Crippen molar-refractivity contribution in [2.45, 2.75) is 6.54 Å². The Kier molecular flexibility index (Phi) is 3.62. The number of carbonyl (C=O) groups excluding carboxylic acids is 1. The Bertz CT molecular complexity index is 518. The molecule has 17 heavy (non-hydrogen) atoms. The Morgan fingerprint density at radius 3 is 2.82 bits per heavy atom. The molecule has 0 unspecified atom stereocenters. The number of aromatic nitrogens is 3. The van der Waals surface area contributed by atoms with Crippen LogP contribution in [0, 0.1) is 0 Å². The number of rotatable bonds is 3. The lowest BCUT2D eigenvalue weighted by atomic mass is 10.2. The van der Waals surface area contributed by atoms with Crippen molar-refractivity contribution in [3.05, 3.63) is 53.1 Å². The number of hydrogen-bond acceptors (Lipinski definition) is 4. The van der Waals surface area contributed by atoms with Crippen molar-refractivity contribution in [1.82, 2.24) is 20.5 Å². The molecule has 0 radical (unpaired) electrons. The minimum absolute atomic E-state index is 0.184. The van der Waals surface area contributed by atoms with Gasteiger partial charge in [0, 0.05) is 12.4 Å². The van der Waals surface area contributed by atoms with E-state index in [-0.39, 0.29) is 11.1 Å². The molecule has 0 saturated heterocycles. The summed E-state index contributed by atoms with van der Waals surface area (Å²) in [5.41, 5.74) is 1.03. The van der Waals surface area contributed by atoms with Crippen molar-refractivity contribution in [2.24, 2.45) is 0 Å². The fourth-order valence-corrected chi connectivity index (χ4v) is 1.45. The van der Waals surface area contributed by atoms with Gasteiger partial charge in [0.1, 0.15) is 5.15 Å². The lowest BCUT2D eigenvalue weighted by Crippen LogP contribution is -2.23. The Labute approximate surface area is 103 Å². The van der Waals surface area contributed by atoms with E-state index in [4.69, 9.17) is 11.6 Å². The molecule has 6 heteroatoms. The molecule has 0 aliphatic heterocycles. The number of halogens is 1. The summed E-state index contributed by atoms with van der Waals surface area (Å²) >= 11 is 5.80. The average molecular weight is 249 g/mol. The Balaban J connectivity index is 2.01. The molecule has 0 aliphatic carbocycles. The molecule has 2 heterocycles. The van der Waals surface area contributed by atoms with E-state index < -0.39 is 0 Å². The molecular weight excluding hydrogens is 240 g/mol. The lowest BCUT2D eigenvalue weighted by molar-refractivity contribution is 0.0950. The normalized spacial score (nSPS) is 9.94. The van der Waals surface area contributed by atoms with Gasteiger partial charge >= 0.3 is 0 Å². The molecule has 0 aromatic carbocycles. The molecule has 86 valence electrons. The van der Waals surface area contributed by atoms with E-state index in [9.17, 15) is 4.79 Å². The van der Waals surface area contributed by atoms with E-state index in [0.717, 1.165) is 0 Å². The third kappa shape index (κ3) is 2.98. The van der Waals surface area contributed by atoms with Gasteiger partial charge in [0.2, 0.25) is 0 Å². The van der Waals surface area contributed by atoms with Crippen LogP contribution in [0.1, 0.15) is 16.1 Å². The van der Waals surface area contributed by atoms with Gasteiger partial charge in [-0.15, -0.1) is 0 Å². The second-order valence-corrected chi connectivity index (χ2v) is 3.60. The fourth-order valence-electron chi connectivity index (χ4n) is 1.25. The lowest BCUT2D eigenvalue weighted by Gasteiger charge is -2.04. The van der Waals surface area contributed by atoms with E-state index in [2.05, 4.69) is 20.5 Å². The highest BCUT2D eigenvalue weighted by atomic mass is 35.5. The molecule has 0 saturated carbocycles. The summed E-state index contributed by atoms with van der Waals surface area (Å²) in [4.78, 5) is 15.6. The molecule has 1 N–H and O–H groups in total. The van der Waals surface area contributed by atoms with Crippen molar-refractivity contribution >= 4 is 17.5 Å². The van der Waals surface area contributed by atoms with E-state index in [1.165, 1.54) is 6.20 Å². The van der Waals surface area contributed by atoms with Crippen molar-refractivity contribution in [3.63, 3.8) is 0 Å². The van der Waals surface area contributed by atoms with Crippen LogP contribution in [0.2, 0.25) is 5.15 Å². The predicted octanol–water partition coefficient (Wildman–Crippen LogP) is 1.46. The van der Waals surface area contributed by atoms with Gasteiger partial charge in [0.15, 0.2) is 0 Å². The number of pyridine rings is 1. The highest BCUT2D eigenvalue weighted by molar-refractivity contribution is 6.32. The zero-order chi connectivity index (χ0) is 12.1. The third-order valence-electron chi connectivity index (χ3n) is 2.06. The van der Waals surface area contributed by atoms with Crippen LogP contribution in [0.25, 0.3) is 0 Å². The number of hydrogen-bond donors (Lipinski definition) is 1. The van der Waals surface area contributed by atoms with Gasteiger partial charge in [0.05, 0.1) is 17.8 Å². The highest BCUT2D eigenvalue weighted by Gasteiger charge is 2.10. The van der Waals surface area contributed by atoms with E-state index in [0.29, 0.717) is 17.8 Å². The summed E-state index contributed by atoms with van der Waals surface area (Å²) in [5.74, 6) is -0.284. The minimum Gasteiger partial charge on any atom is -0.346 e. The van der Waals surface area contributed by atoms with Crippen LogP contribution in [0.3, 0.4) is 0 Å². The monoisotopic (exact) mass is 248 g/mol. The van der Waals surface area contributed by atoms with Crippen LogP contribution in [0.4, 0.5) is 0 Å². The smallest absolute Gasteiger partial charge is 0.254 e. The maximum atomic E-state index is 11.8. The van der Waals surface area contributed by atoms with Crippen molar-refractivity contribution in [3.8, 4) is 0 Å². The maximum absolute atomic E-state index is 11.8. The second-order valence-electron chi connectivity index (χ2n) is 3.24. The number of amides is 1. The van der Waals surface area contributed by atoms with Crippen molar-refractivity contribution in [1.29, 1.82) is 0 Å². The van der Waals surface area contributed by atoms with Gasteiger partial charge < -0.3 is 5.32 Å². The van der Waals surface area contributed by atoms with Crippen LogP contribution in [-0.4, -0.2) is 21.1 Å². The number of nitrogens with zero attached hydrogens (tertiary/aromatic N) is 3. The molecular formula is C11H9ClN4O. The Morgan fingerprint density at radius 2 is 2.12 bits per heavy atom. The van der Waals surface area contributed by atoms with Crippen LogP contribution in [-0.2, 0) is 6.54 Å². The van der Waals surface area contributed by atoms with E-state index in [1.54, 1.807) is 30.5 Å². The SMILES string of the molecule is O=C(NCc1cccnn1)c1cccnc1Cl. The first-order valence-electron chi connectivity index (χ1n) is 4.92. The number of carbonyl (C=O) groups is 1. The summed E-state index contributed by atoms with van der Waals surface area (Å²) < 4.78 is 0. The average Bonchev–Trinajstić information content (AvgIpc) is 2.38. The van der Waals surface area contributed by atoms with Gasteiger partial charge in [-0.1, -0.05) is 11.6 Å². The molecule has 2 aromatic rings. The number of nitrogens with one attached hydrogen (secondary N) is 1. The van der Waals surface area contributed by atoms with E-state index >= 15 is 0 Å². The quantitative estimate of drug-likeness (QED) is 0.835. The van der Waals surface area contributed by atoms with Crippen molar-refractivity contribution < 1.29 is 4.79 Å². The summed E-state index contributed by atoms with van der Waals surface area (Å²) in [6.45, 7) is 0.303. The summed E-state index contributed by atoms with van der Waals surface area (Å²) in [5, 5.41) is 10.4. The van der Waals surface area contributed by atoms with Crippen LogP contribution < -0.4 is 5.32 Å². The van der Waals surface area contributed by atoms with Crippen LogP contribution >= 0.6 is 11.6 Å². The summed E-state index contributed by atoms with van der Waals surface area (Å²) in [6.07, 6.45) is 3.10. The summed E-state index contributed by atoms with van der Waals surface area (Å²) in [7, 11) is 0. The minimum atomic E-state index is -0.284. The Hall–Kier alpha value is -2.01. The van der Waals surface area contributed by atoms with Crippen LogP contribution in [0.15, 0.2) is 36.7 Å². The molecule has 0 aliphatic rings. The van der Waals surface area contributed by atoms with Gasteiger partial charge in [-0.05, 0) is 24.3 Å². The fraction of sp³-hybridized carbons (Fsp3) is 0.0909. The molecule has 2 rings (SSSR count). The van der Waals surface area contributed by atoms with Crippen molar-refractivity contribution in [2.75, 3.05) is 0 Å². The van der Waals surface area contributed by atoms with Gasteiger partial charge in [-0.3, -0.25) is 4.79 Å². The standard InChI is InChI=1S/C11H9ClN4O/c12-10-9(4-2-5-13-10)11(17)14-7-8-3-1-6-15-16-8/h1-6H,7H2,(H,14,17). The molecule has 0 atom stereocenters. The topological polar surface area (TPSA) is 67.8 Å². The highest BCUT2D eigenvalue weighted by Crippen LogP contribution is 2.11. The molecule has 0 fully saturated rings. The Morgan fingerprint density at radius 1 is 1.29 bits per heavy atom. The van der Waals surface area contributed by atoms with Gasteiger partial charge in [-0.25, -0.2) is 4.98 Å². The molecule has 5 nitrogen and oxygen atoms in total. The first kappa shape index (κ1) is 11.5. The predicted molar refractivity (Wildman–Crippen MR) is 62.4 cm³/mol. The largest absolute Gasteiger partial charge is 0.346 e. The second kappa shape index (κ2) is 5.36. The van der Waals surface area contributed by atoms with Gasteiger partial charge in [0.25, 0.3) is 5.91 Å². The summed E-state index contributed by atoms with van der Waals surface area (Å²) in [6, 6.07) is 6.80. The molecule has 0 spiro atoms. The zero-order valence-corrected chi connectivity index (χ0v) is 9.55. The molecule has 0 bridgehead atoms. The maximum Gasteiger partial charge on any atom is 0.254 e. The first-order chi connectivity index (χ1) is 8.27. The van der Waals surface area contributed by atoms with Gasteiger partial charge in [-0.2, -0.15) is 10.2 Å². The first-order valence-corrected chi connectivity index (χ1v) is 5.30. The van der Waals surface area contributed by atoms with E-state index in [1.807, 2.05) is 0 Å². The zero-order valence-electron chi connectivity index (χ0n) is 8.80. The molecule has 2 aromatic heterocycles.